The number of carboxylic acid groups (broad SMARTS) is 1. The Balaban J connectivity index is 3.07. The minimum atomic E-state index is -1.81. The summed E-state index contributed by atoms with van der Waals surface area (Å²) in [6.07, 6.45) is 0. The first-order valence-electron chi connectivity index (χ1n) is 5.36. The van der Waals surface area contributed by atoms with Crippen LogP contribution in [0.15, 0.2) is 23.3 Å². The third-order valence-corrected chi connectivity index (χ3v) is 2.65. The van der Waals surface area contributed by atoms with Gasteiger partial charge in [0, 0.05) is 23.6 Å². The van der Waals surface area contributed by atoms with Crippen LogP contribution in [0.5, 0.6) is 0 Å². The lowest BCUT2D eigenvalue weighted by atomic mass is 9.91. The van der Waals surface area contributed by atoms with Crippen LogP contribution >= 0.6 is 0 Å². The van der Waals surface area contributed by atoms with Gasteiger partial charge in [0.25, 0.3) is 0 Å². The van der Waals surface area contributed by atoms with E-state index >= 15 is 0 Å². The first-order chi connectivity index (χ1) is 8.91. The van der Waals surface area contributed by atoms with Crippen molar-refractivity contribution >= 4 is 5.97 Å². The molecule has 0 aliphatic carbocycles. The number of halogens is 2. The summed E-state index contributed by atoms with van der Waals surface area (Å²) in [4.78, 5) is 13.8. The average molecular weight is 270 g/mol. The molecule has 0 spiro atoms. The summed E-state index contributed by atoms with van der Waals surface area (Å²) < 4.78 is 26.8. The summed E-state index contributed by atoms with van der Waals surface area (Å²) in [5, 5.41) is 15.0. The zero-order valence-electron chi connectivity index (χ0n) is 10.1. The van der Waals surface area contributed by atoms with E-state index in [0.717, 1.165) is 18.2 Å². The monoisotopic (exact) mass is 270 g/mol. The predicted octanol–water partition coefficient (Wildman–Crippen LogP) is 2.16. The maximum absolute atomic E-state index is 13.6. The van der Waals surface area contributed by atoms with Crippen LogP contribution in [0.1, 0.15) is 12.5 Å². The van der Waals surface area contributed by atoms with Gasteiger partial charge in [-0.1, -0.05) is 5.11 Å². The van der Waals surface area contributed by atoms with Crippen molar-refractivity contribution in [2.24, 2.45) is 5.11 Å². The van der Waals surface area contributed by atoms with Gasteiger partial charge < -0.3 is 5.11 Å². The number of azide groups is 1. The van der Waals surface area contributed by atoms with Crippen molar-refractivity contribution in [2.45, 2.75) is 12.5 Å². The van der Waals surface area contributed by atoms with Crippen LogP contribution in [-0.4, -0.2) is 24.2 Å². The number of hydrogen-bond donors (Lipinski definition) is 2. The summed E-state index contributed by atoms with van der Waals surface area (Å²) >= 11 is 0. The number of nitrogens with one attached hydrogen (secondary N) is 1. The third kappa shape index (κ3) is 3.40. The molecule has 0 heterocycles. The van der Waals surface area contributed by atoms with Crippen LogP contribution in [0, 0.1) is 11.6 Å². The number of carbonyl (C=O) groups is 1. The van der Waals surface area contributed by atoms with Gasteiger partial charge in [-0.3, -0.25) is 5.32 Å². The summed E-state index contributed by atoms with van der Waals surface area (Å²) in [6.45, 7) is 1.22. The molecule has 8 heteroatoms. The number of nitrogens with zero attached hydrogens (tertiary/aromatic N) is 3. The molecule has 0 aromatic heterocycles. The lowest BCUT2D eigenvalue weighted by molar-refractivity contribution is -0.144. The number of benzene rings is 1. The fourth-order valence-electron chi connectivity index (χ4n) is 1.57. The standard InChI is InChI=1S/C11H12F2N4O2/c1-11(10(18)19,15-4-5-16-17-14)8-6-7(12)2-3-9(8)13/h2-3,6,15H,4-5H2,1H3,(H,18,19). The molecule has 0 saturated heterocycles. The van der Waals surface area contributed by atoms with Gasteiger partial charge in [-0.15, -0.1) is 0 Å². The van der Waals surface area contributed by atoms with E-state index in [9.17, 15) is 18.7 Å². The Labute approximate surface area is 107 Å². The minimum absolute atomic E-state index is 0.00367. The number of aliphatic carboxylic acids is 1. The summed E-state index contributed by atoms with van der Waals surface area (Å²) in [6, 6.07) is 2.59. The molecule has 0 amide bonds. The predicted molar refractivity (Wildman–Crippen MR) is 63.4 cm³/mol. The maximum Gasteiger partial charge on any atom is 0.328 e. The Bertz CT molecular complexity index is 531. The van der Waals surface area contributed by atoms with Crippen molar-refractivity contribution < 1.29 is 18.7 Å². The first kappa shape index (κ1) is 14.9. The van der Waals surface area contributed by atoms with E-state index in [1.165, 1.54) is 6.92 Å². The largest absolute Gasteiger partial charge is 0.480 e. The molecule has 1 aromatic carbocycles. The molecule has 2 N–H and O–H groups in total. The molecular weight excluding hydrogens is 258 g/mol. The lowest BCUT2D eigenvalue weighted by Crippen LogP contribution is -2.48. The molecule has 0 aliphatic heterocycles. The summed E-state index contributed by atoms with van der Waals surface area (Å²) in [5.41, 5.74) is 5.98. The Morgan fingerprint density at radius 1 is 1.58 bits per heavy atom. The van der Waals surface area contributed by atoms with Crippen LogP contribution in [0.25, 0.3) is 10.4 Å². The molecule has 0 saturated carbocycles. The van der Waals surface area contributed by atoms with Crippen molar-refractivity contribution in [3.63, 3.8) is 0 Å². The Hall–Kier alpha value is -2.18. The topological polar surface area (TPSA) is 98.1 Å². The van der Waals surface area contributed by atoms with Crippen molar-refractivity contribution in [1.82, 2.24) is 5.32 Å². The smallest absolute Gasteiger partial charge is 0.328 e. The van der Waals surface area contributed by atoms with Crippen LogP contribution in [-0.2, 0) is 10.3 Å². The average Bonchev–Trinajstić information content (AvgIpc) is 2.37. The fourth-order valence-corrected chi connectivity index (χ4v) is 1.57. The molecule has 1 aromatic rings. The second-order valence-corrected chi connectivity index (χ2v) is 3.94. The molecule has 1 atom stereocenters. The fraction of sp³-hybridized carbons (Fsp3) is 0.364. The van der Waals surface area contributed by atoms with Crippen molar-refractivity contribution in [1.29, 1.82) is 0 Å². The van der Waals surface area contributed by atoms with Crippen LogP contribution in [0.4, 0.5) is 8.78 Å². The van der Waals surface area contributed by atoms with Crippen LogP contribution < -0.4 is 5.32 Å². The number of rotatable bonds is 6. The Morgan fingerprint density at radius 3 is 2.84 bits per heavy atom. The molecule has 1 rings (SSSR count). The molecule has 6 nitrogen and oxygen atoms in total. The van der Waals surface area contributed by atoms with Gasteiger partial charge in [0.2, 0.25) is 0 Å². The quantitative estimate of drug-likeness (QED) is 0.358. The van der Waals surface area contributed by atoms with E-state index in [2.05, 4.69) is 15.3 Å². The van der Waals surface area contributed by atoms with Crippen molar-refractivity contribution in [3.8, 4) is 0 Å². The normalized spacial score (nSPS) is 13.4. The van der Waals surface area contributed by atoms with Crippen LogP contribution in [0.2, 0.25) is 0 Å². The molecule has 0 fully saturated rings. The highest BCUT2D eigenvalue weighted by atomic mass is 19.1. The lowest BCUT2D eigenvalue weighted by Gasteiger charge is -2.27. The van der Waals surface area contributed by atoms with Crippen molar-refractivity contribution in [2.75, 3.05) is 13.1 Å². The molecule has 19 heavy (non-hydrogen) atoms. The molecule has 102 valence electrons. The van der Waals surface area contributed by atoms with E-state index in [-0.39, 0.29) is 18.7 Å². The van der Waals surface area contributed by atoms with Crippen molar-refractivity contribution in [3.05, 3.63) is 45.8 Å². The molecule has 0 aliphatic rings. The third-order valence-electron chi connectivity index (χ3n) is 2.65. The number of carboxylic acids is 1. The maximum atomic E-state index is 13.6. The van der Waals surface area contributed by atoms with Gasteiger partial charge in [0.05, 0.1) is 0 Å². The SMILES string of the molecule is CC(NCCN=[N+]=[N-])(C(=O)O)c1cc(F)ccc1F. The van der Waals surface area contributed by atoms with Gasteiger partial charge in [-0.25, -0.2) is 13.6 Å². The van der Waals surface area contributed by atoms with Gasteiger partial charge in [-0.2, -0.15) is 0 Å². The Morgan fingerprint density at radius 2 is 2.26 bits per heavy atom. The number of hydrogen-bond acceptors (Lipinski definition) is 3. The van der Waals surface area contributed by atoms with Gasteiger partial charge in [-0.05, 0) is 30.7 Å². The highest BCUT2D eigenvalue weighted by molar-refractivity contribution is 5.80. The van der Waals surface area contributed by atoms with E-state index in [4.69, 9.17) is 5.53 Å². The summed E-state index contributed by atoms with van der Waals surface area (Å²) in [7, 11) is 0. The zero-order valence-corrected chi connectivity index (χ0v) is 10.1. The highest BCUT2D eigenvalue weighted by Crippen LogP contribution is 2.24. The highest BCUT2D eigenvalue weighted by Gasteiger charge is 2.37. The zero-order chi connectivity index (χ0) is 14.5. The second-order valence-electron chi connectivity index (χ2n) is 3.94. The second kappa shape index (κ2) is 6.12. The van der Waals surface area contributed by atoms with E-state index in [0.29, 0.717) is 0 Å². The van der Waals surface area contributed by atoms with E-state index in [1.54, 1.807) is 0 Å². The van der Waals surface area contributed by atoms with Crippen LogP contribution in [0.3, 0.4) is 0 Å². The van der Waals surface area contributed by atoms with Gasteiger partial charge in [0.15, 0.2) is 0 Å². The summed E-state index contributed by atoms with van der Waals surface area (Å²) in [5.74, 6) is -2.93. The molecule has 0 bridgehead atoms. The van der Waals surface area contributed by atoms with Gasteiger partial charge >= 0.3 is 5.97 Å². The van der Waals surface area contributed by atoms with E-state index in [1.807, 2.05) is 0 Å². The minimum Gasteiger partial charge on any atom is -0.480 e. The molecular formula is C11H12F2N4O2. The Kier molecular flexibility index (Phi) is 4.80. The first-order valence-corrected chi connectivity index (χ1v) is 5.36. The van der Waals surface area contributed by atoms with E-state index < -0.39 is 23.1 Å². The van der Waals surface area contributed by atoms with Gasteiger partial charge in [0.1, 0.15) is 17.2 Å². The molecule has 1 unspecified atom stereocenters. The molecule has 0 radical (unpaired) electrons.